The van der Waals surface area contributed by atoms with Gasteiger partial charge >= 0.3 is 143 Å². The second kappa shape index (κ2) is 8.12. The first kappa shape index (κ1) is 16.7. The van der Waals surface area contributed by atoms with E-state index in [9.17, 15) is 0 Å². The first-order valence-corrected chi connectivity index (χ1v) is 12.2. The van der Waals surface area contributed by atoms with Gasteiger partial charge in [-0.3, -0.25) is 0 Å². The Morgan fingerprint density at radius 3 is 1.24 bits per heavy atom. The third-order valence-corrected chi connectivity index (χ3v) is 8.76. The average molecular weight is 379 g/mol. The van der Waals surface area contributed by atoms with E-state index < -0.39 is 24.2 Å². The van der Waals surface area contributed by atoms with Crippen LogP contribution in [0.1, 0.15) is 38.8 Å². The van der Waals surface area contributed by atoms with E-state index in [-0.39, 0.29) is 0 Å². The Bertz CT molecular complexity index is 484. The molecule has 1 heteroatoms. The quantitative estimate of drug-likeness (QED) is 0.663. The summed E-state index contributed by atoms with van der Waals surface area (Å²) >= 11 is -1.01. The van der Waals surface area contributed by atoms with Crippen molar-refractivity contribution in [1.82, 2.24) is 0 Å². The second-order valence-electron chi connectivity index (χ2n) is 7.01. The van der Waals surface area contributed by atoms with Gasteiger partial charge in [0, 0.05) is 0 Å². The molecule has 0 bridgehead atoms. The average Bonchev–Trinajstić information content (AvgIpc) is 2.42. The van der Waals surface area contributed by atoms with E-state index in [4.69, 9.17) is 0 Å². The summed E-state index contributed by atoms with van der Waals surface area (Å²) in [5, 5.41) is 0. The molecule has 0 atom stereocenters. The van der Waals surface area contributed by atoms with Crippen LogP contribution in [0.25, 0.3) is 0 Å². The Morgan fingerprint density at radius 1 is 0.619 bits per heavy atom. The molecular weight excluding hydrogens is 353 g/mol. The third kappa shape index (κ3) is 5.93. The van der Waals surface area contributed by atoms with E-state index in [2.05, 4.69) is 76.2 Å². The van der Waals surface area contributed by atoms with Crippen molar-refractivity contribution in [3.05, 3.63) is 59.7 Å². The van der Waals surface area contributed by atoms with Crippen LogP contribution in [-0.2, 0) is 37.1 Å². The fourth-order valence-corrected chi connectivity index (χ4v) is 6.80. The SMILES string of the molecule is CC(C)Cc1cc[c]([Cd][c]2ccc(CC(C)C)cc2)cc1. The van der Waals surface area contributed by atoms with Gasteiger partial charge in [-0.2, -0.15) is 0 Å². The fraction of sp³-hybridized carbons (Fsp3) is 0.400. The van der Waals surface area contributed by atoms with Crippen LogP contribution in [-0.4, -0.2) is 0 Å². The monoisotopic (exact) mass is 380 g/mol. The van der Waals surface area contributed by atoms with E-state index in [1.165, 1.54) is 24.0 Å². The molecule has 0 spiro atoms. The van der Waals surface area contributed by atoms with Crippen LogP contribution in [0.2, 0.25) is 0 Å². The molecular formula is C20H26Cd. The van der Waals surface area contributed by atoms with Crippen molar-refractivity contribution < 1.29 is 24.2 Å². The minimum atomic E-state index is -1.01. The molecule has 0 N–H and O–H groups in total. The molecule has 0 unspecified atom stereocenters. The van der Waals surface area contributed by atoms with Gasteiger partial charge in [-0.1, -0.05) is 0 Å². The summed E-state index contributed by atoms with van der Waals surface area (Å²) in [5.41, 5.74) is 2.96. The molecule has 0 fully saturated rings. The second-order valence-corrected chi connectivity index (χ2v) is 12.7. The van der Waals surface area contributed by atoms with Crippen molar-refractivity contribution in [3.8, 4) is 0 Å². The van der Waals surface area contributed by atoms with Crippen molar-refractivity contribution in [2.45, 2.75) is 40.5 Å². The molecule has 108 valence electrons. The van der Waals surface area contributed by atoms with Gasteiger partial charge in [0.15, 0.2) is 0 Å². The van der Waals surface area contributed by atoms with Gasteiger partial charge in [-0.05, 0) is 0 Å². The minimum absolute atomic E-state index is 0.743. The van der Waals surface area contributed by atoms with E-state index >= 15 is 0 Å². The molecule has 21 heavy (non-hydrogen) atoms. The van der Waals surface area contributed by atoms with Crippen LogP contribution in [0.5, 0.6) is 0 Å². The molecule has 2 rings (SSSR count). The molecule has 0 aliphatic carbocycles. The molecule has 0 aliphatic rings. The number of hydrogen-bond donors (Lipinski definition) is 0. The van der Waals surface area contributed by atoms with Gasteiger partial charge in [0.2, 0.25) is 0 Å². The van der Waals surface area contributed by atoms with Gasteiger partial charge in [-0.25, -0.2) is 0 Å². The fourth-order valence-electron chi connectivity index (χ4n) is 2.76. The van der Waals surface area contributed by atoms with Crippen LogP contribution in [0.3, 0.4) is 0 Å². The molecule has 0 saturated heterocycles. The first-order valence-electron chi connectivity index (χ1n) is 8.18. The predicted octanol–water partition coefficient (Wildman–Crippen LogP) is 4.12. The van der Waals surface area contributed by atoms with Gasteiger partial charge in [0.05, 0.1) is 0 Å². The topological polar surface area (TPSA) is 0 Å². The Kier molecular flexibility index (Phi) is 6.46. The van der Waals surface area contributed by atoms with Crippen molar-refractivity contribution in [3.63, 3.8) is 0 Å². The van der Waals surface area contributed by atoms with Gasteiger partial charge < -0.3 is 0 Å². The Labute approximate surface area is 142 Å². The summed E-state index contributed by atoms with van der Waals surface area (Å²) in [6.07, 6.45) is 2.39. The summed E-state index contributed by atoms with van der Waals surface area (Å²) in [7, 11) is 0. The van der Waals surface area contributed by atoms with Crippen molar-refractivity contribution in [2.24, 2.45) is 11.8 Å². The first-order chi connectivity index (χ1) is 10.0. The summed E-state index contributed by atoms with van der Waals surface area (Å²) in [5.74, 6) is 1.49. The van der Waals surface area contributed by atoms with Gasteiger partial charge in [-0.15, -0.1) is 0 Å². The van der Waals surface area contributed by atoms with Crippen LogP contribution < -0.4 is 6.25 Å². The van der Waals surface area contributed by atoms with Gasteiger partial charge in [0.25, 0.3) is 0 Å². The number of hydrogen-bond acceptors (Lipinski definition) is 0. The zero-order valence-corrected chi connectivity index (χ0v) is 17.9. The predicted molar refractivity (Wildman–Crippen MR) is 89.2 cm³/mol. The molecule has 0 radical (unpaired) electrons. The molecule has 0 aliphatic heterocycles. The number of benzene rings is 2. The molecule has 0 nitrogen and oxygen atoms in total. The summed E-state index contributed by atoms with van der Waals surface area (Å²) < 4.78 is 3.22. The number of rotatable bonds is 6. The van der Waals surface area contributed by atoms with Crippen LogP contribution in [0, 0.1) is 11.8 Å². The van der Waals surface area contributed by atoms with Crippen LogP contribution >= 0.6 is 0 Å². The normalized spacial score (nSPS) is 11.0. The van der Waals surface area contributed by atoms with E-state index in [0.29, 0.717) is 0 Å². The molecule has 0 heterocycles. The third-order valence-electron chi connectivity index (χ3n) is 3.74. The molecule has 2 aromatic rings. The van der Waals surface area contributed by atoms with Gasteiger partial charge in [0.1, 0.15) is 0 Å². The maximum absolute atomic E-state index is 2.37. The summed E-state index contributed by atoms with van der Waals surface area (Å²) in [4.78, 5) is 0. The zero-order chi connectivity index (χ0) is 15.2. The van der Waals surface area contributed by atoms with E-state index in [1.807, 2.05) is 0 Å². The zero-order valence-electron chi connectivity index (χ0n) is 13.9. The Morgan fingerprint density at radius 2 is 0.952 bits per heavy atom. The van der Waals surface area contributed by atoms with Crippen molar-refractivity contribution >= 4 is 6.25 Å². The van der Waals surface area contributed by atoms with E-state index in [1.54, 1.807) is 6.25 Å². The molecule has 0 saturated carbocycles. The van der Waals surface area contributed by atoms with E-state index in [0.717, 1.165) is 11.8 Å². The molecule has 0 amide bonds. The van der Waals surface area contributed by atoms with Crippen molar-refractivity contribution in [2.75, 3.05) is 0 Å². The summed E-state index contributed by atoms with van der Waals surface area (Å²) in [6.45, 7) is 9.13. The standard InChI is InChI=1S/2C10H13.Cd/c2*1-9(2)8-10-6-4-3-5-7-10;/h2*4-7,9H,8H2,1-2H3;. The molecule has 2 aromatic carbocycles. The Balaban J connectivity index is 1.97. The maximum atomic E-state index is 2.37. The molecule has 0 aromatic heterocycles. The van der Waals surface area contributed by atoms with Crippen molar-refractivity contribution in [1.29, 1.82) is 0 Å². The summed E-state index contributed by atoms with van der Waals surface area (Å²) in [6, 6.07) is 18.8. The van der Waals surface area contributed by atoms with Crippen LogP contribution in [0.4, 0.5) is 0 Å². The Hall–Kier alpha value is -0.638. The van der Waals surface area contributed by atoms with Crippen LogP contribution in [0.15, 0.2) is 48.5 Å².